The minimum Gasteiger partial charge on any atom is -0.506 e. The van der Waals surface area contributed by atoms with Crippen LogP contribution in [0.2, 0.25) is 5.02 Å². The third kappa shape index (κ3) is 2.81. The predicted octanol–water partition coefficient (Wildman–Crippen LogP) is 3.81. The van der Waals surface area contributed by atoms with Crippen LogP contribution in [0.5, 0.6) is 5.75 Å². The quantitative estimate of drug-likeness (QED) is 0.901. The number of aromatic nitrogens is 2. The summed E-state index contributed by atoms with van der Waals surface area (Å²) in [6.45, 7) is 3.04. The van der Waals surface area contributed by atoms with Crippen LogP contribution in [-0.2, 0) is 12.8 Å². The Balaban J connectivity index is 2.04. The number of nitrogens with zero attached hydrogens (tertiary/aromatic N) is 2. The number of nitrogens with one attached hydrogen (secondary N) is 1. The molecule has 2 N–H and O–H groups in total. The molecule has 0 saturated carbocycles. The first-order valence-corrected chi connectivity index (χ1v) is 7.69. The van der Waals surface area contributed by atoms with E-state index in [9.17, 15) is 5.11 Å². The van der Waals surface area contributed by atoms with Gasteiger partial charge < -0.3 is 10.4 Å². The molecule has 0 radical (unpaired) electrons. The molecule has 0 fully saturated rings. The minimum atomic E-state index is 0.0749. The van der Waals surface area contributed by atoms with Crippen molar-refractivity contribution >= 4 is 17.4 Å². The summed E-state index contributed by atoms with van der Waals surface area (Å²) in [5.74, 6) is 1.68. The molecule has 0 amide bonds. The normalized spacial score (nSPS) is 13.2. The van der Waals surface area contributed by atoms with Gasteiger partial charge in [0.05, 0.1) is 5.02 Å². The van der Waals surface area contributed by atoms with E-state index in [0.29, 0.717) is 10.8 Å². The maximum absolute atomic E-state index is 9.53. The Bertz CT molecular complexity index is 673. The van der Waals surface area contributed by atoms with Gasteiger partial charge in [-0.2, -0.15) is 0 Å². The van der Waals surface area contributed by atoms with Crippen molar-refractivity contribution in [1.82, 2.24) is 9.97 Å². The predicted molar refractivity (Wildman–Crippen MR) is 84.9 cm³/mol. The van der Waals surface area contributed by atoms with Gasteiger partial charge in [-0.05, 0) is 43.9 Å². The smallest absolute Gasteiger partial charge is 0.161 e. The second-order valence-electron chi connectivity index (χ2n) is 5.27. The van der Waals surface area contributed by atoms with E-state index < -0.39 is 0 Å². The zero-order valence-electron chi connectivity index (χ0n) is 12.0. The highest BCUT2D eigenvalue weighted by molar-refractivity contribution is 6.32. The summed E-state index contributed by atoms with van der Waals surface area (Å²) in [6.07, 6.45) is 4.22. The van der Waals surface area contributed by atoms with Crippen LogP contribution in [-0.4, -0.2) is 21.6 Å². The maximum Gasteiger partial charge on any atom is 0.161 e. The zero-order chi connectivity index (χ0) is 14.8. The van der Waals surface area contributed by atoms with Gasteiger partial charge in [0.2, 0.25) is 0 Å². The van der Waals surface area contributed by atoms with Crippen molar-refractivity contribution < 1.29 is 5.11 Å². The molecule has 0 spiro atoms. The van der Waals surface area contributed by atoms with Crippen molar-refractivity contribution in [2.45, 2.75) is 32.6 Å². The van der Waals surface area contributed by atoms with Crippen LogP contribution in [0.4, 0.5) is 5.82 Å². The van der Waals surface area contributed by atoms with Crippen LogP contribution >= 0.6 is 11.6 Å². The van der Waals surface area contributed by atoms with E-state index in [1.165, 1.54) is 5.56 Å². The molecule has 0 unspecified atom stereocenters. The first-order valence-electron chi connectivity index (χ1n) is 7.31. The lowest BCUT2D eigenvalue weighted by Crippen LogP contribution is -2.08. The number of aromatic hydroxyl groups is 1. The van der Waals surface area contributed by atoms with Gasteiger partial charge in [-0.25, -0.2) is 9.97 Å². The van der Waals surface area contributed by atoms with Crippen molar-refractivity contribution in [3.05, 3.63) is 34.5 Å². The fourth-order valence-electron chi connectivity index (χ4n) is 2.60. The number of halogens is 1. The number of phenols is 1. The Morgan fingerprint density at radius 3 is 2.90 bits per heavy atom. The summed E-state index contributed by atoms with van der Waals surface area (Å²) in [5, 5.41) is 13.2. The van der Waals surface area contributed by atoms with Gasteiger partial charge in [0, 0.05) is 23.4 Å². The molecule has 0 aliphatic heterocycles. The van der Waals surface area contributed by atoms with Crippen LogP contribution in [0.15, 0.2) is 18.2 Å². The van der Waals surface area contributed by atoms with Crippen molar-refractivity contribution in [3.8, 4) is 17.1 Å². The van der Waals surface area contributed by atoms with E-state index >= 15 is 0 Å². The van der Waals surface area contributed by atoms with Crippen molar-refractivity contribution in [1.29, 1.82) is 0 Å². The molecule has 0 bridgehead atoms. The lowest BCUT2D eigenvalue weighted by Gasteiger charge is -2.12. The minimum absolute atomic E-state index is 0.0749. The molecule has 4 nitrogen and oxygen atoms in total. The van der Waals surface area contributed by atoms with E-state index in [4.69, 9.17) is 11.6 Å². The number of rotatable bonds is 4. The van der Waals surface area contributed by atoms with Gasteiger partial charge >= 0.3 is 0 Å². The van der Waals surface area contributed by atoms with Gasteiger partial charge in [0.15, 0.2) is 5.82 Å². The Morgan fingerprint density at radius 2 is 2.14 bits per heavy atom. The molecule has 0 atom stereocenters. The second-order valence-corrected chi connectivity index (χ2v) is 5.67. The van der Waals surface area contributed by atoms with E-state index in [0.717, 1.165) is 49.3 Å². The van der Waals surface area contributed by atoms with Crippen LogP contribution in [0.3, 0.4) is 0 Å². The standard InChI is InChI=1S/C16H18ClN3O/c1-2-8-18-16-11-4-3-5-13(11)19-15(20-16)10-6-7-14(21)12(17)9-10/h6-7,9,21H,2-5,8H2,1H3,(H,18,19,20). The SMILES string of the molecule is CCCNc1nc(-c2ccc(O)c(Cl)c2)nc2c1CCC2. The van der Waals surface area contributed by atoms with Gasteiger partial charge in [0.1, 0.15) is 11.6 Å². The number of benzene rings is 1. The molecular formula is C16H18ClN3O. The molecule has 2 aromatic rings. The lowest BCUT2D eigenvalue weighted by molar-refractivity contribution is 0.475. The first-order chi connectivity index (χ1) is 10.2. The van der Waals surface area contributed by atoms with Crippen molar-refractivity contribution in [2.24, 2.45) is 0 Å². The topological polar surface area (TPSA) is 58.0 Å². The first kappa shape index (κ1) is 14.1. The van der Waals surface area contributed by atoms with Crippen LogP contribution in [0, 0.1) is 0 Å². The van der Waals surface area contributed by atoms with Gasteiger partial charge in [-0.1, -0.05) is 18.5 Å². The zero-order valence-corrected chi connectivity index (χ0v) is 12.7. The van der Waals surface area contributed by atoms with E-state index in [1.54, 1.807) is 18.2 Å². The fraction of sp³-hybridized carbons (Fsp3) is 0.375. The number of phenolic OH excluding ortho intramolecular Hbond substituents is 1. The summed E-state index contributed by atoms with van der Waals surface area (Å²) in [5.41, 5.74) is 3.20. The van der Waals surface area contributed by atoms with Gasteiger partial charge in [-0.15, -0.1) is 0 Å². The summed E-state index contributed by atoms with van der Waals surface area (Å²) < 4.78 is 0. The van der Waals surface area contributed by atoms with Crippen LogP contribution in [0.25, 0.3) is 11.4 Å². The molecule has 110 valence electrons. The molecule has 1 aliphatic rings. The Labute approximate surface area is 129 Å². The summed E-state index contributed by atoms with van der Waals surface area (Å²) in [6, 6.07) is 5.08. The fourth-order valence-corrected chi connectivity index (χ4v) is 2.78. The largest absolute Gasteiger partial charge is 0.506 e. The van der Waals surface area contributed by atoms with Crippen molar-refractivity contribution in [2.75, 3.05) is 11.9 Å². The third-order valence-electron chi connectivity index (χ3n) is 3.68. The summed E-state index contributed by atoms with van der Waals surface area (Å²) in [7, 11) is 0. The van der Waals surface area contributed by atoms with Crippen LogP contribution in [0.1, 0.15) is 31.0 Å². The molecule has 1 aromatic carbocycles. The number of hydrogen-bond acceptors (Lipinski definition) is 4. The highest BCUT2D eigenvalue weighted by Gasteiger charge is 2.20. The molecule has 1 aliphatic carbocycles. The number of fused-ring (bicyclic) bond motifs is 1. The van der Waals surface area contributed by atoms with Gasteiger partial charge in [0.25, 0.3) is 0 Å². The molecule has 5 heteroatoms. The Kier molecular flexibility index (Phi) is 3.97. The molecule has 21 heavy (non-hydrogen) atoms. The maximum atomic E-state index is 9.53. The van der Waals surface area contributed by atoms with E-state index in [-0.39, 0.29) is 5.75 Å². The Hall–Kier alpha value is -1.81. The highest BCUT2D eigenvalue weighted by Crippen LogP contribution is 2.32. The highest BCUT2D eigenvalue weighted by atomic mass is 35.5. The van der Waals surface area contributed by atoms with Crippen LogP contribution < -0.4 is 5.32 Å². The molecule has 1 aromatic heterocycles. The number of hydrogen-bond donors (Lipinski definition) is 2. The second kappa shape index (κ2) is 5.90. The average Bonchev–Trinajstić information content (AvgIpc) is 2.96. The van der Waals surface area contributed by atoms with Crippen molar-refractivity contribution in [3.63, 3.8) is 0 Å². The van der Waals surface area contributed by atoms with Gasteiger partial charge in [-0.3, -0.25) is 0 Å². The summed E-state index contributed by atoms with van der Waals surface area (Å²) in [4.78, 5) is 9.33. The summed E-state index contributed by atoms with van der Waals surface area (Å²) >= 11 is 5.98. The van der Waals surface area contributed by atoms with E-state index in [1.807, 2.05) is 0 Å². The average molecular weight is 304 g/mol. The molecule has 3 rings (SSSR count). The number of aryl methyl sites for hydroxylation is 1. The molecule has 1 heterocycles. The number of anilines is 1. The third-order valence-corrected chi connectivity index (χ3v) is 3.98. The Morgan fingerprint density at radius 1 is 1.29 bits per heavy atom. The molecule has 0 saturated heterocycles. The lowest BCUT2D eigenvalue weighted by atomic mass is 10.1. The van der Waals surface area contributed by atoms with E-state index in [2.05, 4.69) is 22.2 Å². The molecular weight excluding hydrogens is 286 g/mol. The monoisotopic (exact) mass is 303 g/mol.